The molecule has 0 fully saturated rings. The second-order valence-corrected chi connectivity index (χ2v) is 14.7. The van der Waals surface area contributed by atoms with Crippen molar-refractivity contribution >= 4 is 19.8 Å². The molecule has 0 aromatic rings. The molecule has 9 nitrogen and oxygen atoms in total. The maximum atomic E-state index is 12.4. The van der Waals surface area contributed by atoms with E-state index in [1.165, 1.54) is 109 Å². The number of allylic oxidation sites excluding steroid dienone is 5. The number of phosphoric ester groups is 1. The van der Waals surface area contributed by atoms with Crippen LogP contribution in [-0.2, 0) is 32.7 Å². The number of carbonyl (C=O) groups is 2. The van der Waals surface area contributed by atoms with Crippen LogP contribution in [0, 0.1) is 0 Å². The number of nitrogens with two attached hydrogens (primary N) is 1. The zero-order chi connectivity index (χ0) is 36.8. The number of phosphoric acid groups is 1. The third-order valence-corrected chi connectivity index (χ3v) is 9.34. The summed E-state index contributed by atoms with van der Waals surface area (Å²) < 4.78 is 32.5. The Morgan fingerprint density at radius 1 is 0.640 bits per heavy atom. The van der Waals surface area contributed by atoms with Crippen LogP contribution in [0.25, 0.3) is 0 Å². The fourth-order valence-electron chi connectivity index (χ4n) is 5.36. The van der Waals surface area contributed by atoms with Crippen LogP contribution < -0.4 is 5.73 Å². The number of hydrogen-bond acceptors (Lipinski definition) is 8. The summed E-state index contributed by atoms with van der Waals surface area (Å²) in [5.74, 6) is -1.09. The summed E-state index contributed by atoms with van der Waals surface area (Å²) in [5.41, 5.74) is 5.32. The lowest BCUT2D eigenvalue weighted by atomic mass is 10.1. The van der Waals surface area contributed by atoms with Crippen LogP contribution in [0.15, 0.2) is 36.5 Å². The van der Waals surface area contributed by atoms with Crippen LogP contribution in [0.4, 0.5) is 0 Å². The molecule has 1 unspecified atom stereocenters. The smallest absolute Gasteiger partial charge is 0.462 e. The molecule has 0 aromatic carbocycles. The highest BCUT2D eigenvalue weighted by Gasteiger charge is 2.25. The molecule has 0 saturated heterocycles. The molecule has 0 rings (SSSR count). The minimum atomic E-state index is -4.40. The molecule has 292 valence electrons. The Balaban J connectivity index is 4.32. The van der Waals surface area contributed by atoms with E-state index in [2.05, 4.69) is 26.0 Å². The second kappa shape index (κ2) is 37.0. The first kappa shape index (κ1) is 48.2. The van der Waals surface area contributed by atoms with Gasteiger partial charge >= 0.3 is 19.8 Å². The van der Waals surface area contributed by atoms with Crippen molar-refractivity contribution in [3.8, 4) is 0 Å². The molecule has 10 heteroatoms. The molecular formula is C40H74NO8P. The molecule has 0 aliphatic carbocycles. The zero-order valence-corrected chi connectivity index (χ0v) is 32.8. The molecule has 50 heavy (non-hydrogen) atoms. The van der Waals surface area contributed by atoms with E-state index in [0.717, 1.165) is 44.9 Å². The standard InChI is InChI=1S/C40H74NO8P/c1-3-5-7-9-11-13-15-17-19-21-23-25-27-29-31-33-40(43)49-38(37-48-50(44,45)47-35-34-41)36-46-39(42)32-30-28-26-24-22-20-18-16-14-12-10-8-6-4-2/h16,18,27,29,31,33,38H,3-15,17,19-26,28,30,32,34-37,41H2,1-2H3,(H,44,45)/b18-16+,29-27+,33-31+/t38-/m1/s1. The maximum absolute atomic E-state index is 12.4. The minimum Gasteiger partial charge on any atom is -0.462 e. The number of carbonyl (C=O) groups excluding carboxylic acids is 2. The van der Waals surface area contributed by atoms with Gasteiger partial charge in [0.1, 0.15) is 6.61 Å². The second-order valence-electron chi connectivity index (χ2n) is 13.2. The number of unbranched alkanes of at least 4 members (excludes halogenated alkanes) is 21. The van der Waals surface area contributed by atoms with E-state index in [9.17, 15) is 19.0 Å². The molecule has 0 bridgehead atoms. The van der Waals surface area contributed by atoms with Crippen LogP contribution >= 0.6 is 7.82 Å². The molecule has 0 amide bonds. The molecule has 0 heterocycles. The monoisotopic (exact) mass is 728 g/mol. The summed E-state index contributed by atoms with van der Waals surface area (Å²) in [5, 5.41) is 0. The van der Waals surface area contributed by atoms with Crippen LogP contribution in [0.3, 0.4) is 0 Å². The predicted molar refractivity (Wildman–Crippen MR) is 206 cm³/mol. The van der Waals surface area contributed by atoms with E-state index in [1.807, 2.05) is 6.08 Å². The quantitative estimate of drug-likeness (QED) is 0.0160. The van der Waals surface area contributed by atoms with E-state index < -0.39 is 32.5 Å². The highest BCUT2D eigenvalue weighted by atomic mass is 31.2. The summed E-state index contributed by atoms with van der Waals surface area (Å²) in [6.45, 7) is 3.58. The molecule has 0 aliphatic rings. The fourth-order valence-corrected chi connectivity index (χ4v) is 6.12. The molecule has 0 saturated carbocycles. The Hall–Kier alpha value is -1.77. The van der Waals surface area contributed by atoms with Gasteiger partial charge in [-0.3, -0.25) is 13.8 Å². The number of ether oxygens (including phenoxy) is 2. The van der Waals surface area contributed by atoms with Crippen LogP contribution in [0.1, 0.15) is 174 Å². The zero-order valence-electron chi connectivity index (χ0n) is 31.9. The summed E-state index contributed by atoms with van der Waals surface area (Å²) in [6.07, 6.45) is 39.5. The van der Waals surface area contributed by atoms with Gasteiger partial charge in [0.2, 0.25) is 0 Å². The molecular weight excluding hydrogens is 653 g/mol. The van der Waals surface area contributed by atoms with Gasteiger partial charge in [-0.25, -0.2) is 9.36 Å². The largest absolute Gasteiger partial charge is 0.472 e. The first-order chi connectivity index (χ1) is 24.3. The van der Waals surface area contributed by atoms with Crippen LogP contribution in [0.5, 0.6) is 0 Å². The highest BCUT2D eigenvalue weighted by molar-refractivity contribution is 7.47. The van der Waals surface area contributed by atoms with Gasteiger partial charge in [0, 0.05) is 19.0 Å². The van der Waals surface area contributed by atoms with Crippen molar-refractivity contribution in [1.29, 1.82) is 0 Å². The lowest BCUT2D eigenvalue weighted by Crippen LogP contribution is -2.29. The van der Waals surface area contributed by atoms with Crippen molar-refractivity contribution < 1.29 is 37.6 Å². The minimum absolute atomic E-state index is 0.0395. The Labute approximate surface area is 305 Å². The third kappa shape index (κ3) is 36.0. The molecule has 0 aliphatic heterocycles. The van der Waals surface area contributed by atoms with Gasteiger partial charge in [0.25, 0.3) is 0 Å². The predicted octanol–water partition coefficient (Wildman–Crippen LogP) is 11.0. The normalized spacial score (nSPS) is 13.8. The number of hydrogen-bond donors (Lipinski definition) is 2. The average molecular weight is 728 g/mol. The number of esters is 2. The van der Waals surface area contributed by atoms with E-state index in [0.29, 0.717) is 6.42 Å². The highest BCUT2D eigenvalue weighted by Crippen LogP contribution is 2.43. The number of rotatable bonds is 37. The maximum Gasteiger partial charge on any atom is 0.472 e. The molecule has 3 N–H and O–H groups in total. The van der Waals surface area contributed by atoms with Crippen molar-refractivity contribution in [1.82, 2.24) is 0 Å². The van der Waals surface area contributed by atoms with E-state index in [-0.39, 0.29) is 26.2 Å². The van der Waals surface area contributed by atoms with Crippen molar-refractivity contribution in [3.05, 3.63) is 36.5 Å². The fraction of sp³-hybridized carbons (Fsp3) is 0.800. The Morgan fingerprint density at radius 3 is 1.64 bits per heavy atom. The van der Waals surface area contributed by atoms with E-state index in [4.69, 9.17) is 24.3 Å². The van der Waals surface area contributed by atoms with Crippen LogP contribution in [-0.4, -0.2) is 49.3 Å². The first-order valence-electron chi connectivity index (χ1n) is 20.0. The lowest BCUT2D eigenvalue weighted by Gasteiger charge is -2.19. The summed E-state index contributed by atoms with van der Waals surface area (Å²) in [6, 6.07) is 0. The van der Waals surface area contributed by atoms with Gasteiger partial charge in [0.15, 0.2) is 6.10 Å². The Bertz CT molecular complexity index is 923. The molecule has 2 atom stereocenters. The van der Waals surface area contributed by atoms with Crippen molar-refractivity contribution in [2.45, 2.75) is 180 Å². The molecule has 0 radical (unpaired) electrons. The van der Waals surface area contributed by atoms with Crippen molar-refractivity contribution in [2.24, 2.45) is 5.73 Å². The molecule has 0 spiro atoms. The van der Waals surface area contributed by atoms with E-state index in [1.54, 1.807) is 12.2 Å². The SMILES string of the molecule is CCCCCCC/C=C/CCCCCCCC(=O)OC[C@H](COP(=O)(O)OCCN)OC(=O)/C=C/C=C/CCCCCCCCCCCCC. The van der Waals surface area contributed by atoms with Gasteiger partial charge in [-0.15, -0.1) is 0 Å². The topological polar surface area (TPSA) is 134 Å². The Morgan fingerprint density at radius 2 is 1.12 bits per heavy atom. The molecule has 0 aromatic heterocycles. The Kier molecular flexibility index (Phi) is 35.7. The van der Waals surface area contributed by atoms with Gasteiger partial charge in [-0.05, 0) is 44.9 Å². The van der Waals surface area contributed by atoms with Crippen molar-refractivity contribution in [3.63, 3.8) is 0 Å². The lowest BCUT2D eigenvalue weighted by molar-refractivity contribution is -0.157. The first-order valence-corrected chi connectivity index (χ1v) is 21.5. The van der Waals surface area contributed by atoms with Crippen LogP contribution in [0.2, 0.25) is 0 Å². The third-order valence-electron chi connectivity index (χ3n) is 8.36. The van der Waals surface area contributed by atoms with Gasteiger partial charge < -0.3 is 20.1 Å². The summed E-state index contributed by atoms with van der Waals surface area (Å²) in [4.78, 5) is 34.6. The summed E-state index contributed by atoms with van der Waals surface area (Å²) >= 11 is 0. The summed E-state index contributed by atoms with van der Waals surface area (Å²) in [7, 11) is -4.40. The van der Waals surface area contributed by atoms with E-state index >= 15 is 0 Å². The van der Waals surface area contributed by atoms with Gasteiger partial charge in [-0.1, -0.05) is 153 Å². The average Bonchev–Trinajstić information content (AvgIpc) is 3.10. The van der Waals surface area contributed by atoms with Crippen molar-refractivity contribution in [2.75, 3.05) is 26.4 Å². The van der Waals surface area contributed by atoms with Gasteiger partial charge in [0.05, 0.1) is 13.2 Å². The van der Waals surface area contributed by atoms with Gasteiger partial charge in [-0.2, -0.15) is 0 Å².